The number of aliphatic hydroxyl groups is 1. The van der Waals surface area contributed by atoms with E-state index in [4.69, 9.17) is 16.7 Å². The van der Waals surface area contributed by atoms with Crippen LogP contribution in [-0.4, -0.2) is 33.0 Å². The van der Waals surface area contributed by atoms with E-state index in [9.17, 15) is 0 Å². The van der Waals surface area contributed by atoms with Gasteiger partial charge in [-0.15, -0.1) is 0 Å². The van der Waals surface area contributed by atoms with Crippen LogP contribution in [0.15, 0.2) is 0 Å². The van der Waals surface area contributed by atoms with Crippen LogP contribution in [0.3, 0.4) is 0 Å². The summed E-state index contributed by atoms with van der Waals surface area (Å²) in [5, 5.41) is 9.35. The third kappa shape index (κ3) is 2.41. The van der Waals surface area contributed by atoms with Crippen molar-refractivity contribution in [3.63, 3.8) is 0 Å². The summed E-state index contributed by atoms with van der Waals surface area (Å²) in [6.07, 6.45) is 4.42. The Morgan fingerprint density at radius 3 is 2.73 bits per heavy atom. The fraction of sp³-hybridized carbons (Fsp3) is 0.778. The number of hydrogen-bond acceptors (Lipinski definition) is 5. The van der Waals surface area contributed by atoms with E-state index in [1.54, 1.807) is 0 Å². The predicted molar refractivity (Wildman–Crippen MR) is 61.6 cm³/mol. The maximum Gasteiger partial charge on any atom is 0.187 e. The topological polar surface area (TPSA) is 49.2 Å². The van der Waals surface area contributed by atoms with Crippen molar-refractivity contribution in [2.75, 3.05) is 18.1 Å². The molecular formula is C9H14ClN3OS. The lowest BCUT2D eigenvalue weighted by atomic mass is 9.91. The minimum absolute atomic E-state index is 0.207. The SMILES string of the molecule is OCCCN(c1nsnc1Cl)C1CCC1. The van der Waals surface area contributed by atoms with Crippen molar-refractivity contribution in [3.05, 3.63) is 5.15 Å². The van der Waals surface area contributed by atoms with Gasteiger partial charge in [-0.05, 0) is 25.7 Å². The summed E-state index contributed by atoms with van der Waals surface area (Å²) in [5.41, 5.74) is 0. The van der Waals surface area contributed by atoms with Crippen LogP contribution < -0.4 is 4.90 Å². The first-order valence-corrected chi connectivity index (χ1v) is 6.29. The van der Waals surface area contributed by atoms with Crippen LogP contribution in [-0.2, 0) is 0 Å². The average Bonchev–Trinajstić information content (AvgIpc) is 2.55. The van der Waals surface area contributed by atoms with Gasteiger partial charge in [-0.3, -0.25) is 0 Å². The first-order valence-electron chi connectivity index (χ1n) is 5.18. The monoisotopic (exact) mass is 247 g/mol. The van der Waals surface area contributed by atoms with Gasteiger partial charge in [-0.1, -0.05) is 11.6 Å². The first-order chi connectivity index (χ1) is 7.33. The molecule has 0 bridgehead atoms. The summed E-state index contributed by atoms with van der Waals surface area (Å²) in [6.45, 7) is 1.02. The van der Waals surface area contributed by atoms with Crippen LogP contribution in [0.1, 0.15) is 25.7 Å². The minimum atomic E-state index is 0.207. The molecule has 1 aliphatic rings. The van der Waals surface area contributed by atoms with Gasteiger partial charge in [0.15, 0.2) is 11.0 Å². The molecule has 0 spiro atoms. The molecule has 6 heteroatoms. The van der Waals surface area contributed by atoms with Gasteiger partial charge in [0.2, 0.25) is 0 Å². The van der Waals surface area contributed by atoms with Crippen LogP contribution in [0.25, 0.3) is 0 Å². The van der Waals surface area contributed by atoms with Crippen molar-refractivity contribution in [2.24, 2.45) is 0 Å². The van der Waals surface area contributed by atoms with Gasteiger partial charge in [-0.2, -0.15) is 8.75 Å². The Hall–Kier alpha value is -0.390. The third-order valence-corrected chi connectivity index (χ3v) is 3.65. The zero-order chi connectivity index (χ0) is 10.7. The van der Waals surface area contributed by atoms with Crippen molar-refractivity contribution in [1.29, 1.82) is 0 Å². The highest BCUT2D eigenvalue weighted by atomic mass is 35.5. The first kappa shape index (κ1) is 11.1. The maximum absolute atomic E-state index is 8.86. The number of halogens is 1. The summed E-state index contributed by atoms with van der Waals surface area (Å²) >= 11 is 7.12. The second-order valence-corrected chi connectivity index (χ2v) is 4.62. The van der Waals surface area contributed by atoms with Crippen LogP contribution in [0, 0.1) is 0 Å². The number of aliphatic hydroxyl groups excluding tert-OH is 1. The minimum Gasteiger partial charge on any atom is -0.396 e. The standard InChI is InChI=1S/C9H14ClN3OS/c10-8-9(12-15-11-8)13(5-2-6-14)7-3-1-4-7/h7,14H,1-6H2. The number of anilines is 1. The Morgan fingerprint density at radius 2 is 2.27 bits per heavy atom. The second kappa shape index (κ2) is 5.09. The van der Waals surface area contributed by atoms with Crippen LogP contribution >= 0.6 is 23.3 Å². The van der Waals surface area contributed by atoms with E-state index in [1.165, 1.54) is 19.3 Å². The molecule has 1 N–H and O–H groups in total. The Labute approximate surface area is 98.2 Å². The molecule has 84 valence electrons. The molecule has 0 radical (unpaired) electrons. The van der Waals surface area contributed by atoms with Crippen LogP contribution in [0.4, 0.5) is 5.82 Å². The van der Waals surface area contributed by atoms with Gasteiger partial charge in [0.05, 0.1) is 11.7 Å². The van der Waals surface area contributed by atoms with Gasteiger partial charge in [0.1, 0.15) is 0 Å². The van der Waals surface area contributed by atoms with E-state index < -0.39 is 0 Å². The summed E-state index contributed by atoms with van der Waals surface area (Å²) < 4.78 is 8.19. The molecule has 0 unspecified atom stereocenters. The molecule has 4 nitrogen and oxygen atoms in total. The normalized spacial score (nSPS) is 16.4. The van der Waals surface area contributed by atoms with Crippen molar-refractivity contribution < 1.29 is 5.11 Å². The number of rotatable bonds is 5. The number of nitrogens with zero attached hydrogens (tertiary/aromatic N) is 3. The average molecular weight is 248 g/mol. The van der Waals surface area contributed by atoms with Crippen molar-refractivity contribution in [2.45, 2.75) is 31.7 Å². The lowest BCUT2D eigenvalue weighted by molar-refractivity contribution is 0.282. The van der Waals surface area contributed by atoms with Crippen molar-refractivity contribution >= 4 is 29.1 Å². The van der Waals surface area contributed by atoms with E-state index >= 15 is 0 Å². The molecule has 0 amide bonds. The predicted octanol–water partition coefficient (Wildman–Crippen LogP) is 1.93. The fourth-order valence-electron chi connectivity index (χ4n) is 1.75. The molecule has 1 saturated carbocycles. The molecule has 0 aliphatic heterocycles. The summed E-state index contributed by atoms with van der Waals surface area (Å²) in [5.74, 6) is 0.791. The quantitative estimate of drug-likeness (QED) is 0.864. The smallest absolute Gasteiger partial charge is 0.187 e. The zero-order valence-corrected chi connectivity index (χ0v) is 9.97. The molecule has 2 rings (SSSR count). The van der Waals surface area contributed by atoms with Crippen LogP contribution in [0.5, 0.6) is 0 Å². The maximum atomic E-state index is 8.86. The van der Waals surface area contributed by atoms with E-state index in [1.807, 2.05) is 0 Å². The Morgan fingerprint density at radius 1 is 1.47 bits per heavy atom. The molecule has 1 aromatic rings. The van der Waals surface area contributed by atoms with Gasteiger partial charge < -0.3 is 10.0 Å². The summed E-state index contributed by atoms with van der Waals surface area (Å²) in [4.78, 5) is 2.19. The molecule has 0 saturated heterocycles. The molecule has 1 aromatic heterocycles. The summed E-state index contributed by atoms with van der Waals surface area (Å²) in [7, 11) is 0. The molecular weight excluding hydrogens is 234 g/mol. The highest BCUT2D eigenvalue weighted by Gasteiger charge is 2.27. The van der Waals surface area contributed by atoms with E-state index in [0.29, 0.717) is 11.2 Å². The van der Waals surface area contributed by atoms with Gasteiger partial charge in [-0.25, -0.2) is 0 Å². The van der Waals surface area contributed by atoms with Crippen LogP contribution in [0.2, 0.25) is 5.15 Å². The van der Waals surface area contributed by atoms with Crippen molar-refractivity contribution in [3.8, 4) is 0 Å². The largest absolute Gasteiger partial charge is 0.396 e. The highest BCUT2D eigenvalue weighted by Crippen LogP contribution is 2.32. The van der Waals surface area contributed by atoms with Gasteiger partial charge >= 0.3 is 0 Å². The third-order valence-electron chi connectivity index (χ3n) is 2.78. The number of hydrogen-bond donors (Lipinski definition) is 1. The Balaban J connectivity index is 2.07. The lowest BCUT2D eigenvalue weighted by Crippen LogP contribution is -2.41. The molecule has 15 heavy (non-hydrogen) atoms. The van der Waals surface area contributed by atoms with E-state index in [2.05, 4.69) is 13.6 Å². The molecule has 1 aliphatic carbocycles. The second-order valence-electron chi connectivity index (χ2n) is 3.73. The lowest BCUT2D eigenvalue weighted by Gasteiger charge is -2.37. The number of aromatic nitrogens is 2. The zero-order valence-electron chi connectivity index (χ0n) is 8.40. The van der Waals surface area contributed by atoms with Gasteiger partial charge in [0, 0.05) is 19.2 Å². The van der Waals surface area contributed by atoms with Gasteiger partial charge in [0.25, 0.3) is 0 Å². The summed E-state index contributed by atoms with van der Waals surface area (Å²) in [6, 6.07) is 0.540. The molecule has 0 aromatic carbocycles. The Bertz CT molecular complexity index is 316. The fourth-order valence-corrected chi connectivity index (χ4v) is 2.50. The molecule has 1 fully saturated rings. The molecule has 1 heterocycles. The van der Waals surface area contributed by atoms with Crippen molar-refractivity contribution in [1.82, 2.24) is 8.75 Å². The van der Waals surface area contributed by atoms with E-state index in [-0.39, 0.29) is 6.61 Å². The Kier molecular flexibility index (Phi) is 3.77. The van der Waals surface area contributed by atoms with E-state index in [0.717, 1.165) is 30.5 Å². The highest BCUT2D eigenvalue weighted by molar-refractivity contribution is 6.99. The molecule has 0 atom stereocenters.